The molecule has 2 aromatic heterocycles. The number of hydrogen-bond acceptors (Lipinski definition) is 4. The molecule has 0 bridgehead atoms. The van der Waals surface area contributed by atoms with Crippen LogP contribution in [0.3, 0.4) is 0 Å². The van der Waals surface area contributed by atoms with Crippen molar-refractivity contribution < 1.29 is 13.3 Å². The van der Waals surface area contributed by atoms with Gasteiger partial charge in [-0.15, -0.1) is 0 Å². The molecule has 0 radical (unpaired) electrons. The van der Waals surface area contributed by atoms with Crippen LogP contribution in [0.4, 0.5) is 20.2 Å². The van der Waals surface area contributed by atoms with Gasteiger partial charge >= 0.3 is 0 Å². The van der Waals surface area contributed by atoms with E-state index < -0.39 is 11.6 Å². The van der Waals surface area contributed by atoms with Crippen LogP contribution >= 0.6 is 15.9 Å². The first kappa shape index (κ1) is 13.0. The van der Waals surface area contributed by atoms with E-state index in [9.17, 15) is 8.78 Å². The summed E-state index contributed by atoms with van der Waals surface area (Å²) in [5, 5.41) is 6.30. The maximum absolute atomic E-state index is 14.2. The maximum atomic E-state index is 14.2. The quantitative estimate of drug-likeness (QED) is 0.755. The Hall–Kier alpha value is -2.02. The molecule has 3 rings (SSSR count). The maximum Gasteiger partial charge on any atom is 0.223 e. The van der Waals surface area contributed by atoms with Crippen LogP contribution in [-0.2, 0) is 0 Å². The van der Waals surface area contributed by atoms with Gasteiger partial charge in [-0.05, 0) is 25.1 Å². The van der Waals surface area contributed by atoms with E-state index in [0.29, 0.717) is 15.7 Å². The van der Waals surface area contributed by atoms with E-state index in [1.807, 2.05) is 0 Å². The number of halogens is 3. The van der Waals surface area contributed by atoms with Crippen molar-refractivity contribution in [2.75, 3.05) is 5.32 Å². The van der Waals surface area contributed by atoms with Crippen LogP contribution in [0.5, 0.6) is 0 Å². The molecule has 0 aliphatic rings. The lowest BCUT2D eigenvalue weighted by molar-refractivity contribution is 0.435. The molecular formula is C13H8BrF2N3O. The third-order valence-corrected chi connectivity index (χ3v) is 3.28. The highest BCUT2D eigenvalue weighted by molar-refractivity contribution is 9.10. The third kappa shape index (κ3) is 2.14. The molecule has 0 saturated carbocycles. The van der Waals surface area contributed by atoms with Gasteiger partial charge in [-0.1, -0.05) is 21.1 Å². The number of aryl methyl sites for hydroxylation is 1. The van der Waals surface area contributed by atoms with Crippen molar-refractivity contribution in [2.24, 2.45) is 0 Å². The summed E-state index contributed by atoms with van der Waals surface area (Å²) in [6.07, 6.45) is 1.28. The van der Waals surface area contributed by atoms with E-state index in [1.54, 1.807) is 13.0 Å². The second kappa shape index (κ2) is 4.82. The minimum absolute atomic E-state index is 0.0230. The van der Waals surface area contributed by atoms with Crippen LogP contribution in [0.15, 0.2) is 33.4 Å². The number of nitrogens with zero attached hydrogens (tertiary/aromatic N) is 2. The van der Waals surface area contributed by atoms with Gasteiger partial charge in [0.2, 0.25) is 5.58 Å². The highest BCUT2D eigenvalue weighted by Crippen LogP contribution is 2.28. The number of aromatic nitrogens is 2. The van der Waals surface area contributed by atoms with Crippen molar-refractivity contribution in [1.82, 2.24) is 10.1 Å². The van der Waals surface area contributed by atoms with Gasteiger partial charge < -0.3 is 9.84 Å². The average Bonchev–Trinajstić information content (AvgIpc) is 2.78. The topological polar surface area (TPSA) is 51.0 Å². The fourth-order valence-corrected chi connectivity index (χ4v) is 2.13. The molecule has 0 aliphatic heterocycles. The summed E-state index contributed by atoms with van der Waals surface area (Å²) < 4.78 is 33.4. The van der Waals surface area contributed by atoms with E-state index in [4.69, 9.17) is 4.52 Å². The Morgan fingerprint density at radius 1 is 1.25 bits per heavy atom. The Morgan fingerprint density at radius 2 is 2.05 bits per heavy atom. The third-order valence-electron chi connectivity index (χ3n) is 2.79. The number of anilines is 2. The van der Waals surface area contributed by atoms with Crippen LogP contribution in [0.25, 0.3) is 11.1 Å². The van der Waals surface area contributed by atoms with Crippen molar-refractivity contribution in [3.05, 3.63) is 46.2 Å². The van der Waals surface area contributed by atoms with Gasteiger partial charge in [0.25, 0.3) is 0 Å². The van der Waals surface area contributed by atoms with Crippen LogP contribution in [-0.4, -0.2) is 10.1 Å². The molecule has 2 heterocycles. The molecule has 0 fully saturated rings. The predicted molar refractivity (Wildman–Crippen MR) is 73.9 cm³/mol. The number of rotatable bonds is 2. The van der Waals surface area contributed by atoms with Gasteiger partial charge in [0.15, 0.2) is 5.82 Å². The van der Waals surface area contributed by atoms with Crippen molar-refractivity contribution in [3.8, 4) is 0 Å². The molecule has 3 aromatic rings. The molecule has 7 heteroatoms. The Morgan fingerprint density at radius 3 is 2.80 bits per heavy atom. The van der Waals surface area contributed by atoms with E-state index in [0.717, 1.165) is 0 Å². The first-order valence-electron chi connectivity index (χ1n) is 5.69. The number of benzene rings is 1. The number of pyridine rings is 1. The second-order valence-corrected chi connectivity index (χ2v) is 5.10. The van der Waals surface area contributed by atoms with Gasteiger partial charge in [-0.2, -0.15) is 0 Å². The van der Waals surface area contributed by atoms with Gasteiger partial charge in [-0.3, -0.25) is 0 Å². The van der Waals surface area contributed by atoms with Crippen LogP contribution in [0.1, 0.15) is 5.69 Å². The molecule has 0 unspecified atom stereocenters. The summed E-state index contributed by atoms with van der Waals surface area (Å²) in [5.74, 6) is -1.16. The predicted octanol–water partition coefficient (Wildman–Crippen LogP) is 4.32. The van der Waals surface area contributed by atoms with Crippen LogP contribution in [0, 0.1) is 18.6 Å². The van der Waals surface area contributed by atoms with Crippen LogP contribution in [0.2, 0.25) is 0 Å². The largest absolute Gasteiger partial charge is 0.351 e. The number of fused-ring (bicyclic) bond motifs is 1. The van der Waals surface area contributed by atoms with Crippen molar-refractivity contribution in [2.45, 2.75) is 6.92 Å². The summed E-state index contributed by atoms with van der Waals surface area (Å²) in [6, 6.07) is 4.42. The summed E-state index contributed by atoms with van der Waals surface area (Å²) in [4.78, 5) is 4.05. The molecule has 0 amide bonds. The van der Waals surface area contributed by atoms with Gasteiger partial charge in [0, 0.05) is 4.47 Å². The lowest BCUT2D eigenvalue weighted by Gasteiger charge is -2.08. The smallest absolute Gasteiger partial charge is 0.223 e. The molecule has 0 saturated heterocycles. The first-order valence-corrected chi connectivity index (χ1v) is 6.48. The molecule has 0 spiro atoms. The molecule has 1 N–H and O–H groups in total. The Labute approximate surface area is 120 Å². The second-order valence-electron chi connectivity index (χ2n) is 4.18. The van der Waals surface area contributed by atoms with Crippen molar-refractivity contribution in [3.63, 3.8) is 0 Å². The zero-order valence-corrected chi connectivity index (χ0v) is 11.8. The highest BCUT2D eigenvalue weighted by Gasteiger charge is 2.16. The van der Waals surface area contributed by atoms with Gasteiger partial charge in [-0.25, -0.2) is 13.8 Å². The molecule has 1 aromatic carbocycles. The average molecular weight is 340 g/mol. The minimum atomic E-state index is -0.655. The Bertz CT molecular complexity index is 804. The summed E-state index contributed by atoms with van der Waals surface area (Å²) in [7, 11) is 0. The zero-order valence-electron chi connectivity index (χ0n) is 10.2. The van der Waals surface area contributed by atoms with Gasteiger partial charge in [0.05, 0.1) is 17.6 Å². The lowest BCUT2D eigenvalue weighted by Crippen LogP contribution is -1.98. The minimum Gasteiger partial charge on any atom is -0.351 e. The van der Waals surface area contributed by atoms with E-state index in [1.165, 1.54) is 18.3 Å². The molecule has 0 aliphatic carbocycles. The highest BCUT2D eigenvalue weighted by atomic mass is 79.9. The zero-order chi connectivity index (χ0) is 14.3. The first-order chi connectivity index (χ1) is 9.56. The van der Waals surface area contributed by atoms with Crippen molar-refractivity contribution >= 4 is 38.4 Å². The van der Waals surface area contributed by atoms with Crippen LogP contribution < -0.4 is 5.32 Å². The van der Waals surface area contributed by atoms with Gasteiger partial charge in [0.1, 0.15) is 17.0 Å². The van der Waals surface area contributed by atoms with E-state index in [2.05, 4.69) is 31.4 Å². The number of hydrogen-bond donors (Lipinski definition) is 1. The Balaban J connectivity index is 2.04. The molecule has 4 nitrogen and oxygen atoms in total. The molecular weight excluding hydrogens is 332 g/mol. The lowest BCUT2D eigenvalue weighted by atomic mass is 10.2. The monoisotopic (exact) mass is 339 g/mol. The van der Waals surface area contributed by atoms with E-state index >= 15 is 0 Å². The fourth-order valence-electron chi connectivity index (χ4n) is 1.79. The van der Waals surface area contributed by atoms with E-state index in [-0.39, 0.29) is 17.0 Å². The normalized spacial score (nSPS) is 11.0. The summed E-state index contributed by atoms with van der Waals surface area (Å²) in [6.45, 7) is 1.67. The summed E-state index contributed by atoms with van der Waals surface area (Å²) in [5.41, 5.74) is 0.967. The standard InChI is InChI=1S/C13H8BrF2N3O/c1-6-12-13(20-19-6)11(16)10(5-17-12)18-9-3-2-7(14)4-8(9)15/h2-5,18H,1H3. The molecule has 0 atom stereocenters. The molecule has 102 valence electrons. The number of nitrogens with one attached hydrogen (secondary N) is 1. The Kier molecular flexibility index (Phi) is 3.13. The fraction of sp³-hybridized carbons (Fsp3) is 0.0769. The molecule has 20 heavy (non-hydrogen) atoms. The van der Waals surface area contributed by atoms with Crippen molar-refractivity contribution in [1.29, 1.82) is 0 Å². The SMILES string of the molecule is Cc1noc2c(F)c(Nc3ccc(Br)cc3F)cnc12. The summed E-state index contributed by atoms with van der Waals surface area (Å²) >= 11 is 3.15.